The van der Waals surface area contributed by atoms with Crippen LogP contribution in [0.2, 0.25) is 0 Å². The van der Waals surface area contributed by atoms with Gasteiger partial charge >= 0.3 is 5.97 Å². The van der Waals surface area contributed by atoms with Crippen molar-refractivity contribution in [1.29, 1.82) is 0 Å². The fourth-order valence-electron chi connectivity index (χ4n) is 3.43. The van der Waals surface area contributed by atoms with E-state index in [4.69, 9.17) is 4.74 Å². The Morgan fingerprint density at radius 2 is 2.00 bits per heavy atom. The summed E-state index contributed by atoms with van der Waals surface area (Å²) in [5.74, 6) is -1.68. The summed E-state index contributed by atoms with van der Waals surface area (Å²) in [4.78, 5) is 38.4. The van der Waals surface area contributed by atoms with Crippen molar-refractivity contribution < 1.29 is 27.5 Å². The van der Waals surface area contributed by atoms with Crippen LogP contribution in [-0.4, -0.2) is 49.9 Å². The van der Waals surface area contributed by atoms with Crippen LogP contribution in [0.1, 0.15) is 26.7 Å². The maximum absolute atomic E-state index is 12.7. The molecule has 0 bridgehead atoms. The molecule has 1 N–H and O–H groups in total. The molecule has 8 nitrogen and oxygen atoms in total. The van der Waals surface area contributed by atoms with Gasteiger partial charge in [-0.05, 0) is 38.3 Å². The number of amides is 2. The molecule has 9 heteroatoms. The summed E-state index contributed by atoms with van der Waals surface area (Å²) in [6.07, 6.45) is 0.394. The highest BCUT2D eigenvalue weighted by atomic mass is 32.2. The largest absolute Gasteiger partial charge is 0.456 e. The summed E-state index contributed by atoms with van der Waals surface area (Å²) in [6, 6.07) is 6.89. The topological polar surface area (TPSA) is 110 Å². The van der Waals surface area contributed by atoms with Gasteiger partial charge in [0.1, 0.15) is 5.54 Å². The van der Waals surface area contributed by atoms with Crippen molar-refractivity contribution in [1.82, 2.24) is 0 Å². The Morgan fingerprint density at radius 1 is 1.30 bits per heavy atom. The zero-order chi connectivity index (χ0) is 19.8. The molecule has 1 aromatic rings. The molecule has 2 aliphatic heterocycles. The molecule has 0 aliphatic carbocycles. The Morgan fingerprint density at radius 3 is 2.67 bits per heavy atom. The average molecular weight is 394 g/mol. The van der Waals surface area contributed by atoms with Crippen LogP contribution in [0.15, 0.2) is 24.3 Å². The molecule has 0 aromatic heterocycles. The Labute approximate surface area is 157 Å². The molecule has 0 radical (unpaired) electrons. The Kier molecular flexibility index (Phi) is 4.98. The Balaban J connectivity index is 1.66. The SMILES string of the molecule is CC1(C)C(=O)Nc2ccccc2N1C(=O)COC(=O)C[C@@H]1CCS(=O)(=O)C1. The number of esters is 1. The minimum atomic E-state index is -3.07. The number of anilines is 2. The van der Waals surface area contributed by atoms with Crippen LogP contribution >= 0.6 is 0 Å². The molecule has 0 spiro atoms. The van der Waals surface area contributed by atoms with Gasteiger partial charge in [0.15, 0.2) is 16.4 Å². The highest BCUT2D eigenvalue weighted by molar-refractivity contribution is 7.91. The van der Waals surface area contributed by atoms with Crippen LogP contribution in [0.5, 0.6) is 0 Å². The first-order valence-corrected chi connectivity index (χ1v) is 10.5. The number of carbonyl (C=O) groups excluding carboxylic acids is 3. The molecule has 146 valence electrons. The normalized spacial score (nSPS) is 22.7. The molecule has 27 heavy (non-hydrogen) atoms. The van der Waals surface area contributed by atoms with E-state index in [1.807, 2.05) is 0 Å². The van der Waals surface area contributed by atoms with Gasteiger partial charge in [0.25, 0.3) is 5.91 Å². The van der Waals surface area contributed by atoms with Crippen molar-refractivity contribution in [2.75, 3.05) is 28.3 Å². The molecular weight excluding hydrogens is 372 g/mol. The van der Waals surface area contributed by atoms with Gasteiger partial charge in [0.2, 0.25) is 5.91 Å². The number of carbonyl (C=O) groups is 3. The second-order valence-corrected chi connectivity index (χ2v) is 9.62. The second kappa shape index (κ2) is 6.95. The first-order valence-electron chi connectivity index (χ1n) is 8.70. The van der Waals surface area contributed by atoms with Gasteiger partial charge in [-0.3, -0.25) is 19.3 Å². The van der Waals surface area contributed by atoms with Gasteiger partial charge in [0.05, 0.1) is 22.9 Å². The third-order valence-corrected chi connectivity index (χ3v) is 6.73. The number of hydrogen-bond donors (Lipinski definition) is 1. The Hall–Kier alpha value is -2.42. The zero-order valence-electron chi connectivity index (χ0n) is 15.2. The van der Waals surface area contributed by atoms with Crippen LogP contribution in [0.3, 0.4) is 0 Å². The van der Waals surface area contributed by atoms with Crippen LogP contribution in [0.25, 0.3) is 0 Å². The maximum Gasteiger partial charge on any atom is 0.306 e. The number of para-hydroxylation sites is 2. The van der Waals surface area contributed by atoms with E-state index in [1.54, 1.807) is 38.1 Å². The molecule has 1 atom stereocenters. The lowest BCUT2D eigenvalue weighted by Crippen LogP contribution is -2.59. The fraction of sp³-hybridized carbons (Fsp3) is 0.500. The first-order chi connectivity index (χ1) is 12.6. The van der Waals surface area contributed by atoms with Gasteiger partial charge in [-0.15, -0.1) is 0 Å². The number of benzene rings is 1. The quantitative estimate of drug-likeness (QED) is 0.767. The molecule has 1 fully saturated rings. The summed E-state index contributed by atoms with van der Waals surface area (Å²) in [5.41, 5.74) is -0.0973. The monoisotopic (exact) mass is 394 g/mol. The number of hydrogen-bond acceptors (Lipinski definition) is 6. The first kappa shape index (κ1) is 19.3. The molecular formula is C18H22N2O6S. The van der Waals surface area contributed by atoms with E-state index >= 15 is 0 Å². The van der Waals surface area contributed by atoms with Gasteiger partial charge < -0.3 is 10.1 Å². The minimum absolute atomic E-state index is 0.0251. The zero-order valence-corrected chi connectivity index (χ0v) is 16.0. The summed E-state index contributed by atoms with van der Waals surface area (Å²) >= 11 is 0. The average Bonchev–Trinajstić information content (AvgIpc) is 2.92. The molecule has 2 amide bonds. The van der Waals surface area contributed by atoms with E-state index in [1.165, 1.54) is 4.90 Å². The highest BCUT2D eigenvalue weighted by Gasteiger charge is 2.43. The van der Waals surface area contributed by atoms with Crippen LogP contribution in [-0.2, 0) is 29.0 Å². The van der Waals surface area contributed by atoms with Crippen LogP contribution in [0, 0.1) is 5.92 Å². The van der Waals surface area contributed by atoms with Crippen LogP contribution in [0.4, 0.5) is 11.4 Å². The summed E-state index contributed by atoms with van der Waals surface area (Å²) in [6.45, 7) is 2.71. The Bertz CT molecular complexity index is 893. The number of sulfone groups is 1. The van der Waals surface area contributed by atoms with Crippen molar-refractivity contribution in [3.8, 4) is 0 Å². The van der Waals surface area contributed by atoms with Gasteiger partial charge in [0, 0.05) is 6.42 Å². The van der Waals surface area contributed by atoms with Crippen molar-refractivity contribution in [3.05, 3.63) is 24.3 Å². The van der Waals surface area contributed by atoms with Crippen molar-refractivity contribution in [2.45, 2.75) is 32.2 Å². The van der Waals surface area contributed by atoms with E-state index in [9.17, 15) is 22.8 Å². The molecule has 1 aromatic carbocycles. The molecule has 0 saturated carbocycles. The second-order valence-electron chi connectivity index (χ2n) is 7.39. The lowest BCUT2D eigenvalue weighted by Gasteiger charge is -2.41. The van der Waals surface area contributed by atoms with E-state index < -0.39 is 33.9 Å². The molecule has 1 saturated heterocycles. The standard InChI is InChI=1S/C18H22N2O6S/c1-18(2)17(23)19-13-5-3-4-6-14(13)20(18)15(21)10-26-16(22)9-12-7-8-27(24,25)11-12/h3-6,12H,7-11H2,1-2H3,(H,19,23)/t12-/m0/s1. The maximum atomic E-state index is 12.7. The van der Waals surface area contributed by atoms with E-state index in [-0.39, 0.29) is 29.8 Å². The fourth-order valence-corrected chi connectivity index (χ4v) is 5.29. The predicted molar refractivity (Wildman–Crippen MR) is 99.0 cm³/mol. The molecule has 2 aliphatic rings. The van der Waals surface area contributed by atoms with Crippen molar-refractivity contribution in [3.63, 3.8) is 0 Å². The molecule has 3 rings (SSSR count). The van der Waals surface area contributed by atoms with Gasteiger partial charge in [-0.1, -0.05) is 12.1 Å². The number of fused-ring (bicyclic) bond motifs is 1. The van der Waals surface area contributed by atoms with Gasteiger partial charge in [-0.2, -0.15) is 0 Å². The lowest BCUT2D eigenvalue weighted by atomic mass is 9.96. The van der Waals surface area contributed by atoms with Crippen molar-refractivity contribution in [2.24, 2.45) is 5.92 Å². The van der Waals surface area contributed by atoms with E-state index in [2.05, 4.69) is 5.32 Å². The highest BCUT2D eigenvalue weighted by Crippen LogP contribution is 2.36. The summed E-state index contributed by atoms with van der Waals surface area (Å²) in [7, 11) is -3.07. The minimum Gasteiger partial charge on any atom is -0.456 e. The summed E-state index contributed by atoms with van der Waals surface area (Å²) < 4.78 is 28.0. The third-order valence-electron chi connectivity index (χ3n) is 4.90. The number of nitrogens with one attached hydrogen (secondary N) is 1. The number of rotatable bonds is 4. The van der Waals surface area contributed by atoms with E-state index in [0.29, 0.717) is 17.8 Å². The predicted octanol–water partition coefficient (Wildman–Crippen LogP) is 1.12. The molecule has 2 heterocycles. The molecule has 0 unspecified atom stereocenters. The number of ether oxygens (including phenoxy) is 1. The smallest absolute Gasteiger partial charge is 0.306 e. The van der Waals surface area contributed by atoms with Gasteiger partial charge in [-0.25, -0.2) is 8.42 Å². The van der Waals surface area contributed by atoms with Crippen molar-refractivity contribution >= 4 is 39.0 Å². The van der Waals surface area contributed by atoms with E-state index in [0.717, 1.165) is 0 Å². The lowest BCUT2D eigenvalue weighted by molar-refractivity contribution is -0.149. The third kappa shape index (κ3) is 3.97. The van der Waals surface area contributed by atoms with Crippen LogP contribution < -0.4 is 10.2 Å². The number of nitrogens with zero attached hydrogens (tertiary/aromatic N) is 1. The summed E-state index contributed by atoms with van der Waals surface area (Å²) in [5, 5.41) is 2.76.